The molecule has 0 saturated carbocycles. The molecule has 3 heterocycles. The molecule has 3 N–H and O–H groups in total. The highest BCUT2D eigenvalue weighted by atomic mass is 19.1. The molecule has 3 rings (SSSR count). The summed E-state index contributed by atoms with van der Waals surface area (Å²) in [7, 11) is 0. The molecule has 9 nitrogen and oxygen atoms in total. The van der Waals surface area contributed by atoms with Gasteiger partial charge in [-0.3, -0.25) is 9.59 Å². The number of nitrogens with zero attached hydrogens (tertiary/aromatic N) is 2. The summed E-state index contributed by atoms with van der Waals surface area (Å²) in [6.45, 7) is 9.82. The number of alkyl halides is 1. The monoisotopic (exact) mass is 544 g/mol. The highest BCUT2D eigenvalue weighted by molar-refractivity contribution is 5.95. The molecule has 1 aromatic rings. The van der Waals surface area contributed by atoms with Crippen LogP contribution in [0.3, 0.4) is 0 Å². The number of rotatable bonds is 1. The Morgan fingerprint density at radius 2 is 1.95 bits per heavy atom. The predicted molar refractivity (Wildman–Crippen MR) is 145 cm³/mol. The first kappa shape index (κ1) is 30.3. The summed E-state index contributed by atoms with van der Waals surface area (Å²) < 4.78 is 20.9. The molecule has 10 heteroatoms. The maximum Gasteiger partial charge on any atom is 0.329 e. The van der Waals surface area contributed by atoms with Gasteiger partial charge in [0.05, 0.1) is 12.3 Å². The van der Waals surface area contributed by atoms with Gasteiger partial charge in [0.2, 0.25) is 5.91 Å². The summed E-state index contributed by atoms with van der Waals surface area (Å²) >= 11 is 0. The Hall–Kier alpha value is -3.27. The van der Waals surface area contributed by atoms with E-state index >= 15 is 4.39 Å². The third-order valence-corrected chi connectivity index (χ3v) is 7.33. The van der Waals surface area contributed by atoms with Gasteiger partial charge in [0, 0.05) is 31.3 Å². The van der Waals surface area contributed by atoms with Crippen LogP contribution < -0.4 is 5.32 Å². The minimum atomic E-state index is -1.42. The van der Waals surface area contributed by atoms with Crippen molar-refractivity contribution in [2.45, 2.75) is 78.3 Å². The van der Waals surface area contributed by atoms with Gasteiger partial charge in [-0.15, -0.1) is 0 Å². The highest BCUT2D eigenvalue weighted by Crippen LogP contribution is 2.25. The molecule has 2 amide bonds. The summed E-state index contributed by atoms with van der Waals surface area (Å²) in [6.07, 6.45) is 7.64. The molecule has 2 bridgehead atoms. The molecule has 1 saturated heterocycles. The van der Waals surface area contributed by atoms with Crippen LogP contribution in [0.1, 0.15) is 63.8 Å². The second kappa shape index (κ2) is 13.7. The number of aliphatic hydroxyl groups is 1. The Bertz CT molecular complexity index is 1110. The van der Waals surface area contributed by atoms with Gasteiger partial charge in [-0.05, 0) is 31.8 Å². The van der Waals surface area contributed by atoms with Crippen LogP contribution in [0.2, 0.25) is 0 Å². The van der Waals surface area contributed by atoms with Crippen molar-refractivity contribution >= 4 is 17.8 Å². The summed E-state index contributed by atoms with van der Waals surface area (Å²) in [5.74, 6) is -1.86. The molecule has 0 aromatic carbocycles. The fourth-order valence-corrected chi connectivity index (χ4v) is 4.92. The van der Waals surface area contributed by atoms with Gasteiger partial charge in [0.15, 0.2) is 0 Å². The molecule has 214 valence electrons. The average Bonchev–Trinajstić information content (AvgIpc) is 3.56. The molecule has 0 radical (unpaired) electrons. The molecule has 0 spiro atoms. The summed E-state index contributed by atoms with van der Waals surface area (Å²) in [5.41, 5.74) is 0.901. The van der Waals surface area contributed by atoms with Crippen LogP contribution in [0.15, 0.2) is 42.2 Å². The van der Waals surface area contributed by atoms with Crippen LogP contribution in [0.25, 0.3) is 0 Å². The zero-order valence-electron chi connectivity index (χ0n) is 23.4. The maximum absolute atomic E-state index is 15.0. The van der Waals surface area contributed by atoms with E-state index < -0.39 is 42.2 Å². The number of H-pyrrole nitrogens is 1. The van der Waals surface area contributed by atoms with Gasteiger partial charge in [-0.1, -0.05) is 57.6 Å². The molecule has 2 aliphatic heterocycles. The molecule has 6 atom stereocenters. The van der Waals surface area contributed by atoms with Crippen LogP contribution in [-0.4, -0.2) is 75.3 Å². The first-order valence-corrected chi connectivity index (χ1v) is 13.7. The Kier molecular flexibility index (Phi) is 10.6. The Balaban J connectivity index is 1.88. The number of amides is 2. The topological polar surface area (TPSA) is 125 Å². The Labute approximate surface area is 229 Å². The number of aliphatic hydroxyl groups excluding tert-OH is 1. The standard InChI is InChI=1S/C29H41FN4O5/c1-17(2)27-19(4)10-11-26(36)31-12-6-8-18(3)14-24(35)20(5)21(30)15-25-32-16-22(33-25)28(37)34-13-7-9-23(34)29(38)39-27/h6,8,10-11,14,16-17,19-21,23-24,27,35H,7,9,12-13,15H2,1-5H3,(H,31,36)(H,32,33)/b8-6+,11-10+,18-14+/t19-,20-,21+,23-,24-,27-/m1/s1. The zero-order valence-corrected chi connectivity index (χ0v) is 23.4. The summed E-state index contributed by atoms with van der Waals surface area (Å²) in [4.78, 5) is 47.3. The Morgan fingerprint density at radius 1 is 1.21 bits per heavy atom. The lowest BCUT2D eigenvalue weighted by molar-refractivity contribution is -0.158. The van der Waals surface area contributed by atoms with Crippen molar-refractivity contribution in [3.05, 3.63) is 53.7 Å². The number of fused-ring (bicyclic) bond motifs is 3. The number of carbonyl (C=O) groups is 3. The van der Waals surface area contributed by atoms with Gasteiger partial charge in [0.1, 0.15) is 29.8 Å². The molecule has 39 heavy (non-hydrogen) atoms. The fourth-order valence-electron chi connectivity index (χ4n) is 4.92. The van der Waals surface area contributed by atoms with E-state index in [4.69, 9.17) is 4.74 Å². The maximum atomic E-state index is 15.0. The Morgan fingerprint density at radius 3 is 2.67 bits per heavy atom. The zero-order chi connectivity index (χ0) is 28.7. The smallest absolute Gasteiger partial charge is 0.329 e. The van der Waals surface area contributed by atoms with E-state index in [0.717, 1.165) is 5.57 Å². The number of allylic oxidation sites excluding steroid dienone is 2. The first-order chi connectivity index (χ1) is 18.5. The number of aromatic nitrogens is 2. The number of ether oxygens (including phenoxy) is 1. The lowest BCUT2D eigenvalue weighted by Gasteiger charge is -2.29. The van der Waals surface area contributed by atoms with Gasteiger partial charge in [-0.25, -0.2) is 14.2 Å². The number of imidazole rings is 1. The van der Waals surface area contributed by atoms with Crippen molar-refractivity contribution in [3.63, 3.8) is 0 Å². The van der Waals surface area contributed by atoms with Crippen molar-refractivity contribution in [2.24, 2.45) is 17.8 Å². The number of hydrogen-bond donors (Lipinski definition) is 3. The third-order valence-electron chi connectivity index (χ3n) is 7.33. The lowest BCUT2D eigenvalue weighted by Crippen LogP contribution is -2.44. The second-order valence-corrected chi connectivity index (χ2v) is 10.9. The number of cyclic esters (lactones) is 1. The first-order valence-electron chi connectivity index (χ1n) is 13.7. The van der Waals surface area contributed by atoms with Crippen molar-refractivity contribution in [2.75, 3.05) is 13.1 Å². The second-order valence-electron chi connectivity index (χ2n) is 10.9. The molecule has 0 unspecified atom stereocenters. The van der Waals surface area contributed by atoms with Crippen LogP contribution in [0.4, 0.5) is 4.39 Å². The number of halogens is 1. The number of carbonyl (C=O) groups excluding carboxylic acids is 3. The number of hydrogen-bond acceptors (Lipinski definition) is 6. The van der Waals surface area contributed by atoms with Crippen LogP contribution >= 0.6 is 0 Å². The van der Waals surface area contributed by atoms with Gasteiger partial charge < -0.3 is 25.0 Å². The molecular formula is C29H41FN4O5. The van der Waals surface area contributed by atoms with E-state index in [1.165, 1.54) is 17.2 Å². The van der Waals surface area contributed by atoms with Crippen molar-refractivity contribution in [1.29, 1.82) is 0 Å². The van der Waals surface area contributed by atoms with Crippen LogP contribution in [-0.2, 0) is 20.7 Å². The third kappa shape index (κ3) is 8.11. The lowest BCUT2D eigenvalue weighted by atomic mass is 9.94. The SMILES string of the molecule is CC1=C\[C@@H](O)[C@H](C)[C@@H](F)Cc2ncc([nH]2)C(=O)N2CCC[C@@H]2C(=O)O[C@H](C(C)C)[C@H](C)/C=C/C(=O)NC\C=C\1. The van der Waals surface area contributed by atoms with E-state index in [1.807, 2.05) is 20.8 Å². The fraction of sp³-hybridized carbons (Fsp3) is 0.586. The number of aromatic amines is 1. The van der Waals surface area contributed by atoms with Gasteiger partial charge in [-0.2, -0.15) is 0 Å². The van der Waals surface area contributed by atoms with E-state index in [-0.39, 0.29) is 36.4 Å². The average molecular weight is 545 g/mol. The quantitative estimate of drug-likeness (QED) is 0.466. The van der Waals surface area contributed by atoms with E-state index in [1.54, 1.807) is 38.2 Å². The molecule has 1 fully saturated rings. The van der Waals surface area contributed by atoms with E-state index in [9.17, 15) is 19.5 Å². The number of nitrogens with one attached hydrogen (secondary N) is 2. The minimum absolute atomic E-state index is 0.0176. The summed E-state index contributed by atoms with van der Waals surface area (Å²) in [5, 5.41) is 13.3. The van der Waals surface area contributed by atoms with Crippen molar-refractivity contribution in [3.8, 4) is 0 Å². The molecular weight excluding hydrogens is 503 g/mol. The molecule has 2 aliphatic rings. The van der Waals surface area contributed by atoms with Crippen molar-refractivity contribution < 1.29 is 28.6 Å². The van der Waals surface area contributed by atoms with Gasteiger partial charge in [0.25, 0.3) is 5.91 Å². The number of esters is 1. The van der Waals surface area contributed by atoms with Gasteiger partial charge >= 0.3 is 5.97 Å². The largest absolute Gasteiger partial charge is 0.460 e. The van der Waals surface area contributed by atoms with E-state index in [2.05, 4.69) is 15.3 Å². The van der Waals surface area contributed by atoms with Crippen LogP contribution in [0.5, 0.6) is 0 Å². The van der Waals surface area contributed by atoms with Crippen molar-refractivity contribution in [1.82, 2.24) is 20.2 Å². The molecule has 0 aliphatic carbocycles. The molecule has 1 aromatic heterocycles. The van der Waals surface area contributed by atoms with Crippen LogP contribution in [0, 0.1) is 17.8 Å². The minimum Gasteiger partial charge on any atom is -0.460 e. The normalized spacial score (nSPS) is 33.1. The predicted octanol–water partition coefficient (Wildman–Crippen LogP) is 3.28. The summed E-state index contributed by atoms with van der Waals surface area (Å²) in [6, 6.07) is -0.738. The highest BCUT2D eigenvalue weighted by Gasteiger charge is 2.38. The van der Waals surface area contributed by atoms with E-state index in [0.29, 0.717) is 25.2 Å².